The number of rotatable bonds is 7. The molecule has 0 fully saturated rings. The van der Waals surface area contributed by atoms with Crippen LogP contribution in [0.1, 0.15) is 28.4 Å². The van der Waals surface area contributed by atoms with Gasteiger partial charge < -0.3 is 4.90 Å². The van der Waals surface area contributed by atoms with Gasteiger partial charge in [-0.25, -0.2) is 9.67 Å². The fourth-order valence-electron chi connectivity index (χ4n) is 3.66. The quantitative estimate of drug-likeness (QED) is 0.401. The highest BCUT2D eigenvalue weighted by atomic mass is 16.2. The number of amides is 1. The molecule has 1 amide bonds. The van der Waals surface area contributed by atoms with Crippen molar-refractivity contribution in [3.8, 4) is 17.3 Å². The molecular formula is C26H23N5O. The van der Waals surface area contributed by atoms with Crippen LogP contribution in [0.3, 0.4) is 0 Å². The molecule has 0 saturated heterocycles. The van der Waals surface area contributed by atoms with Crippen LogP contribution in [0, 0.1) is 11.3 Å². The van der Waals surface area contributed by atoms with Gasteiger partial charge in [0, 0.05) is 25.2 Å². The number of aryl methyl sites for hydroxylation is 1. The number of hydrogen-bond acceptors (Lipinski definition) is 4. The summed E-state index contributed by atoms with van der Waals surface area (Å²) in [5.41, 5.74) is 4.45. The van der Waals surface area contributed by atoms with Crippen LogP contribution in [0.15, 0.2) is 79.5 Å². The predicted octanol–water partition coefficient (Wildman–Crippen LogP) is 4.82. The first-order valence-electron chi connectivity index (χ1n) is 10.5. The highest BCUT2D eigenvalue weighted by molar-refractivity contribution is 6.06. The second-order valence-corrected chi connectivity index (χ2v) is 7.40. The lowest BCUT2D eigenvalue weighted by Gasteiger charge is -2.22. The molecule has 158 valence electrons. The molecule has 2 aromatic carbocycles. The topological polar surface area (TPSA) is 74.8 Å². The van der Waals surface area contributed by atoms with E-state index in [1.165, 1.54) is 0 Å². The van der Waals surface area contributed by atoms with Crippen LogP contribution in [0.25, 0.3) is 22.3 Å². The number of benzene rings is 2. The van der Waals surface area contributed by atoms with Gasteiger partial charge in [0.25, 0.3) is 5.91 Å². The smallest absolute Gasteiger partial charge is 0.255 e. The van der Waals surface area contributed by atoms with Gasteiger partial charge in [0.05, 0.1) is 34.5 Å². The molecule has 0 aliphatic carbocycles. The molecule has 6 nitrogen and oxygen atoms in total. The van der Waals surface area contributed by atoms with Crippen molar-refractivity contribution in [3.63, 3.8) is 0 Å². The Hall–Kier alpha value is -4.24. The van der Waals surface area contributed by atoms with E-state index in [0.29, 0.717) is 36.4 Å². The van der Waals surface area contributed by atoms with E-state index in [2.05, 4.69) is 17.7 Å². The first-order chi connectivity index (χ1) is 15.6. The van der Waals surface area contributed by atoms with Gasteiger partial charge in [-0.2, -0.15) is 10.4 Å². The largest absolute Gasteiger partial charge is 0.331 e. The summed E-state index contributed by atoms with van der Waals surface area (Å²) in [5.74, 6) is -0.116. The Morgan fingerprint density at radius 2 is 1.94 bits per heavy atom. The Morgan fingerprint density at radius 3 is 2.59 bits per heavy atom. The molecule has 0 bridgehead atoms. The zero-order valence-corrected chi connectivity index (χ0v) is 17.9. The summed E-state index contributed by atoms with van der Waals surface area (Å²) in [6, 6.07) is 21.0. The van der Waals surface area contributed by atoms with Gasteiger partial charge in [-0.1, -0.05) is 48.5 Å². The SMILES string of the molecule is C=CCN(Cc1ccc(C#N)cc1)C(=O)c1cc(-c2ccccc2)nc2c1cnn2CC. The number of pyridine rings is 1. The molecule has 0 N–H and O–H groups in total. The predicted molar refractivity (Wildman–Crippen MR) is 125 cm³/mol. The summed E-state index contributed by atoms with van der Waals surface area (Å²) >= 11 is 0. The number of hydrogen-bond donors (Lipinski definition) is 0. The zero-order chi connectivity index (χ0) is 22.5. The summed E-state index contributed by atoms with van der Waals surface area (Å²) in [4.78, 5) is 20.3. The van der Waals surface area contributed by atoms with E-state index in [0.717, 1.165) is 22.2 Å². The fraction of sp³-hybridized carbons (Fsp3) is 0.154. The minimum atomic E-state index is -0.116. The normalized spacial score (nSPS) is 10.6. The Bertz CT molecular complexity index is 1300. The van der Waals surface area contributed by atoms with Crippen molar-refractivity contribution in [3.05, 3.63) is 96.2 Å². The lowest BCUT2D eigenvalue weighted by molar-refractivity contribution is 0.0764. The minimum Gasteiger partial charge on any atom is -0.331 e. The lowest BCUT2D eigenvalue weighted by atomic mass is 10.1. The van der Waals surface area contributed by atoms with Gasteiger partial charge in [0.1, 0.15) is 0 Å². The second kappa shape index (κ2) is 9.27. The molecule has 2 heterocycles. The van der Waals surface area contributed by atoms with Gasteiger partial charge in [-0.3, -0.25) is 4.79 Å². The number of carbonyl (C=O) groups is 1. The minimum absolute atomic E-state index is 0.116. The Labute approximate surface area is 187 Å². The van der Waals surface area contributed by atoms with Crippen molar-refractivity contribution in [2.75, 3.05) is 6.54 Å². The molecule has 6 heteroatoms. The van der Waals surface area contributed by atoms with E-state index in [1.54, 1.807) is 34.0 Å². The Morgan fingerprint density at radius 1 is 1.19 bits per heavy atom. The standard InChI is InChI=1S/C26H23N5O/c1-3-14-30(18-20-12-10-19(16-27)11-13-20)26(32)22-15-24(21-8-6-5-7-9-21)29-25-23(22)17-28-31(25)4-2/h3,5-13,15,17H,1,4,14,18H2,2H3. The van der Waals surface area contributed by atoms with Crippen LogP contribution in [0.4, 0.5) is 0 Å². The number of nitriles is 1. The van der Waals surface area contributed by atoms with Crippen molar-refractivity contribution in [1.29, 1.82) is 5.26 Å². The summed E-state index contributed by atoms with van der Waals surface area (Å²) in [6.07, 6.45) is 3.43. The molecule has 0 atom stereocenters. The first-order valence-corrected chi connectivity index (χ1v) is 10.5. The van der Waals surface area contributed by atoms with Crippen LogP contribution >= 0.6 is 0 Å². The van der Waals surface area contributed by atoms with E-state index in [4.69, 9.17) is 10.2 Å². The summed E-state index contributed by atoms with van der Waals surface area (Å²) in [5, 5.41) is 14.2. The third-order valence-electron chi connectivity index (χ3n) is 5.30. The monoisotopic (exact) mass is 421 g/mol. The van der Waals surface area contributed by atoms with Crippen molar-refractivity contribution < 1.29 is 4.79 Å². The maximum Gasteiger partial charge on any atom is 0.255 e. The van der Waals surface area contributed by atoms with Gasteiger partial charge in [-0.05, 0) is 30.7 Å². The molecule has 2 aromatic heterocycles. The molecule has 0 spiro atoms. The van der Waals surface area contributed by atoms with Crippen LogP contribution in [-0.2, 0) is 13.1 Å². The van der Waals surface area contributed by atoms with Crippen LogP contribution in [-0.4, -0.2) is 32.1 Å². The summed E-state index contributed by atoms with van der Waals surface area (Å²) in [7, 11) is 0. The van der Waals surface area contributed by atoms with Crippen LogP contribution < -0.4 is 0 Å². The van der Waals surface area contributed by atoms with E-state index in [-0.39, 0.29) is 5.91 Å². The average Bonchev–Trinajstić information content (AvgIpc) is 3.27. The Kier molecular flexibility index (Phi) is 6.09. The molecule has 0 saturated carbocycles. The zero-order valence-electron chi connectivity index (χ0n) is 17.9. The van der Waals surface area contributed by atoms with E-state index in [9.17, 15) is 4.79 Å². The lowest BCUT2D eigenvalue weighted by Crippen LogP contribution is -2.31. The third kappa shape index (κ3) is 4.14. The molecule has 32 heavy (non-hydrogen) atoms. The Balaban J connectivity index is 1.78. The van der Waals surface area contributed by atoms with Crippen molar-refractivity contribution in [2.45, 2.75) is 20.0 Å². The highest BCUT2D eigenvalue weighted by Crippen LogP contribution is 2.26. The van der Waals surface area contributed by atoms with Crippen molar-refractivity contribution in [1.82, 2.24) is 19.7 Å². The van der Waals surface area contributed by atoms with Gasteiger partial charge in [0.2, 0.25) is 0 Å². The number of nitrogens with zero attached hydrogens (tertiary/aromatic N) is 5. The maximum atomic E-state index is 13.7. The van der Waals surface area contributed by atoms with Gasteiger partial charge in [-0.15, -0.1) is 6.58 Å². The molecule has 0 aliphatic rings. The van der Waals surface area contributed by atoms with Crippen LogP contribution in [0.5, 0.6) is 0 Å². The van der Waals surface area contributed by atoms with E-state index in [1.807, 2.05) is 55.5 Å². The number of aromatic nitrogens is 3. The second-order valence-electron chi connectivity index (χ2n) is 7.40. The molecule has 0 unspecified atom stereocenters. The van der Waals surface area contributed by atoms with Gasteiger partial charge >= 0.3 is 0 Å². The van der Waals surface area contributed by atoms with Gasteiger partial charge in [0.15, 0.2) is 5.65 Å². The fourth-order valence-corrected chi connectivity index (χ4v) is 3.66. The summed E-state index contributed by atoms with van der Waals surface area (Å²) < 4.78 is 1.80. The maximum absolute atomic E-state index is 13.7. The number of carbonyl (C=O) groups excluding carboxylic acids is 1. The van der Waals surface area contributed by atoms with E-state index >= 15 is 0 Å². The number of fused-ring (bicyclic) bond motifs is 1. The van der Waals surface area contributed by atoms with Crippen LogP contribution in [0.2, 0.25) is 0 Å². The van der Waals surface area contributed by atoms with Crippen molar-refractivity contribution in [2.24, 2.45) is 0 Å². The molecule has 0 aliphatic heterocycles. The average molecular weight is 422 g/mol. The highest BCUT2D eigenvalue weighted by Gasteiger charge is 2.21. The molecule has 4 aromatic rings. The summed E-state index contributed by atoms with van der Waals surface area (Å²) in [6.45, 7) is 7.28. The first kappa shape index (κ1) is 21.0. The third-order valence-corrected chi connectivity index (χ3v) is 5.30. The van der Waals surface area contributed by atoms with Crippen molar-refractivity contribution >= 4 is 16.9 Å². The van der Waals surface area contributed by atoms with E-state index < -0.39 is 0 Å². The molecular weight excluding hydrogens is 398 g/mol. The molecule has 4 rings (SSSR count). The molecule has 0 radical (unpaired) electrons.